The van der Waals surface area contributed by atoms with Crippen molar-refractivity contribution in [2.24, 2.45) is 0 Å². The first-order chi connectivity index (χ1) is 11.2. The lowest BCUT2D eigenvalue weighted by Crippen LogP contribution is -2.25. The number of imidazole rings is 1. The number of nitrogens with one attached hydrogen (secondary N) is 1. The van der Waals surface area contributed by atoms with Crippen LogP contribution in [0.3, 0.4) is 0 Å². The van der Waals surface area contributed by atoms with Crippen molar-refractivity contribution >= 4 is 11.6 Å². The molecule has 0 aliphatic rings. The van der Waals surface area contributed by atoms with Gasteiger partial charge in [-0.1, -0.05) is 6.07 Å². The summed E-state index contributed by atoms with van der Waals surface area (Å²) in [5.41, 5.74) is 4.23. The molecule has 0 saturated carbocycles. The molecule has 0 aliphatic carbocycles. The quantitative estimate of drug-likeness (QED) is 0.760. The number of amides is 1. The van der Waals surface area contributed by atoms with Crippen molar-refractivity contribution in [2.45, 2.75) is 26.2 Å². The topological polar surface area (TPSA) is 59.3 Å². The van der Waals surface area contributed by atoms with Crippen LogP contribution in [0.15, 0.2) is 48.9 Å². The lowest BCUT2D eigenvalue weighted by molar-refractivity contribution is -0.121. The molecular weight excluding hydrogens is 288 g/mol. The van der Waals surface area contributed by atoms with Gasteiger partial charge in [0.15, 0.2) is 0 Å². The van der Waals surface area contributed by atoms with Gasteiger partial charge in [-0.05, 0) is 43.2 Å². The smallest absolute Gasteiger partial charge is 0.220 e. The lowest BCUT2D eigenvalue weighted by atomic mass is 10.1. The summed E-state index contributed by atoms with van der Waals surface area (Å²) in [6.07, 6.45) is 7.50. The van der Waals surface area contributed by atoms with Gasteiger partial charge in [0.05, 0.1) is 5.69 Å². The van der Waals surface area contributed by atoms with Crippen molar-refractivity contribution in [3.8, 4) is 0 Å². The van der Waals surface area contributed by atoms with Crippen molar-refractivity contribution in [3.05, 3.63) is 65.9 Å². The molecular formula is C18H20N4O. The molecule has 0 radical (unpaired) electrons. The van der Waals surface area contributed by atoms with E-state index in [0.717, 1.165) is 35.4 Å². The van der Waals surface area contributed by atoms with Crippen LogP contribution in [0, 0.1) is 6.92 Å². The Kier molecular flexibility index (Phi) is 4.66. The molecule has 0 fully saturated rings. The molecule has 3 aromatic rings. The van der Waals surface area contributed by atoms with Gasteiger partial charge in [-0.3, -0.25) is 9.78 Å². The van der Waals surface area contributed by atoms with Crippen LogP contribution in [0.25, 0.3) is 5.65 Å². The minimum atomic E-state index is 0.0711. The normalized spacial score (nSPS) is 10.8. The summed E-state index contributed by atoms with van der Waals surface area (Å²) in [6.45, 7) is 2.66. The fourth-order valence-corrected chi connectivity index (χ4v) is 2.54. The van der Waals surface area contributed by atoms with E-state index in [1.807, 2.05) is 30.5 Å². The van der Waals surface area contributed by atoms with Gasteiger partial charge in [-0.2, -0.15) is 0 Å². The molecule has 3 rings (SSSR count). The largest absolute Gasteiger partial charge is 0.356 e. The SMILES string of the molecule is Cc1cccc2nc(CCNC(=O)CCc3ccncc3)cn12. The molecule has 0 spiro atoms. The molecule has 1 N–H and O–H groups in total. The molecule has 23 heavy (non-hydrogen) atoms. The molecule has 0 unspecified atom stereocenters. The minimum Gasteiger partial charge on any atom is -0.356 e. The van der Waals surface area contributed by atoms with E-state index in [1.54, 1.807) is 12.4 Å². The average molecular weight is 308 g/mol. The molecule has 5 nitrogen and oxygen atoms in total. The first-order valence-electron chi connectivity index (χ1n) is 7.81. The van der Waals surface area contributed by atoms with E-state index in [9.17, 15) is 4.79 Å². The van der Waals surface area contributed by atoms with Gasteiger partial charge in [0.25, 0.3) is 0 Å². The van der Waals surface area contributed by atoms with Crippen LogP contribution in [-0.2, 0) is 17.6 Å². The standard InChI is InChI=1S/C18H20N4O/c1-14-3-2-4-17-21-16(13-22(14)17)9-12-20-18(23)6-5-15-7-10-19-11-8-15/h2-4,7-8,10-11,13H,5-6,9,12H2,1H3,(H,20,23). The first-order valence-corrected chi connectivity index (χ1v) is 7.81. The van der Waals surface area contributed by atoms with E-state index in [0.29, 0.717) is 13.0 Å². The molecule has 0 saturated heterocycles. The van der Waals surface area contributed by atoms with E-state index < -0.39 is 0 Å². The highest BCUT2D eigenvalue weighted by Gasteiger charge is 2.05. The van der Waals surface area contributed by atoms with E-state index in [2.05, 4.69) is 32.7 Å². The Labute approximate surface area is 135 Å². The monoisotopic (exact) mass is 308 g/mol. The van der Waals surface area contributed by atoms with Gasteiger partial charge in [-0.25, -0.2) is 4.98 Å². The third kappa shape index (κ3) is 3.94. The lowest BCUT2D eigenvalue weighted by Gasteiger charge is -2.04. The van der Waals surface area contributed by atoms with E-state index in [4.69, 9.17) is 0 Å². The number of nitrogens with zero attached hydrogens (tertiary/aromatic N) is 3. The Bertz CT molecular complexity index is 795. The summed E-state index contributed by atoms with van der Waals surface area (Å²) in [6, 6.07) is 9.92. The fraction of sp³-hybridized carbons (Fsp3) is 0.278. The zero-order valence-corrected chi connectivity index (χ0v) is 13.2. The number of hydrogen-bond donors (Lipinski definition) is 1. The van der Waals surface area contributed by atoms with E-state index in [-0.39, 0.29) is 5.91 Å². The highest BCUT2D eigenvalue weighted by molar-refractivity contribution is 5.76. The summed E-state index contributed by atoms with van der Waals surface area (Å²) in [7, 11) is 0. The van der Waals surface area contributed by atoms with Crippen LogP contribution < -0.4 is 5.32 Å². The van der Waals surface area contributed by atoms with Crippen molar-refractivity contribution in [2.75, 3.05) is 6.54 Å². The van der Waals surface area contributed by atoms with Gasteiger partial charge in [0.1, 0.15) is 5.65 Å². The van der Waals surface area contributed by atoms with Gasteiger partial charge in [0, 0.05) is 43.7 Å². The van der Waals surface area contributed by atoms with Crippen molar-refractivity contribution < 1.29 is 4.79 Å². The molecule has 0 aliphatic heterocycles. The van der Waals surface area contributed by atoms with Gasteiger partial charge in [0.2, 0.25) is 5.91 Å². The Morgan fingerprint density at radius 2 is 2.00 bits per heavy atom. The number of carbonyl (C=O) groups excluding carboxylic acids is 1. The second-order valence-electron chi connectivity index (χ2n) is 5.58. The average Bonchev–Trinajstić information content (AvgIpc) is 2.98. The number of hydrogen-bond acceptors (Lipinski definition) is 3. The highest BCUT2D eigenvalue weighted by atomic mass is 16.1. The van der Waals surface area contributed by atoms with Gasteiger partial charge in [-0.15, -0.1) is 0 Å². The molecule has 5 heteroatoms. The number of carbonyl (C=O) groups is 1. The van der Waals surface area contributed by atoms with Crippen LogP contribution in [0.5, 0.6) is 0 Å². The Morgan fingerprint density at radius 1 is 1.17 bits per heavy atom. The molecule has 3 heterocycles. The zero-order valence-electron chi connectivity index (χ0n) is 13.2. The van der Waals surface area contributed by atoms with E-state index in [1.165, 1.54) is 0 Å². The third-order valence-corrected chi connectivity index (χ3v) is 3.84. The maximum absolute atomic E-state index is 11.9. The highest BCUT2D eigenvalue weighted by Crippen LogP contribution is 2.08. The van der Waals surface area contributed by atoms with Crippen LogP contribution in [-0.4, -0.2) is 26.8 Å². The van der Waals surface area contributed by atoms with Gasteiger partial charge >= 0.3 is 0 Å². The predicted octanol–water partition coefficient (Wildman–Crippen LogP) is 2.33. The maximum atomic E-state index is 11.9. The van der Waals surface area contributed by atoms with Crippen LogP contribution in [0.2, 0.25) is 0 Å². The van der Waals surface area contributed by atoms with Crippen LogP contribution in [0.1, 0.15) is 23.4 Å². The van der Waals surface area contributed by atoms with Crippen molar-refractivity contribution in [1.29, 1.82) is 0 Å². The Hall–Kier alpha value is -2.69. The molecule has 0 aromatic carbocycles. The van der Waals surface area contributed by atoms with Gasteiger partial charge < -0.3 is 9.72 Å². The third-order valence-electron chi connectivity index (χ3n) is 3.84. The molecule has 1 amide bonds. The first kappa shape index (κ1) is 15.2. The van der Waals surface area contributed by atoms with Crippen LogP contribution in [0.4, 0.5) is 0 Å². The zero-order chi connectivity index (χ0) is 16.1. The molecule has 118 valence electrons. The number of aromatic nitrogens is 3. The molecule has 0 bridgehead atoms. The summed E-state index contributed by atoms with van der Waals surface area (Å²) >= 11 is 0. The number of rotatable bonds is 6. The summed E-state index contributed by atoms with van der Waals surface area (Å²) in [5, 5.41) is 2.96. The van der Waals surface area contributed by atoms with Crippen LogP contribution >= 0.6 is 0 Å². The Morgan fingerprint density at radius 3 is 2.78 bits per heavy atom. The number of fused-ring (bicyclic) bond motifs is 1. The molecule has 3 aromatic heterocycles. The summed E-state index contributed by atoms with van der Waals surface area (Å²) < 4.78 is 2.07. The minimum absolute atomic E-state index is 0.0711. The Balaban J connectivity index is 1.46. The summed E-state index contributed by atoms with van der Waals surface area (Å²) in [4.78, 5) is 20.4. The maximum Gasteiger partial charge on any atom is 0.220 e. The fourth-order valence-electron chi connectivity index (χ4n) is 2.54. The number of aryl methyl sites for hydroxylation is 2. The predicted molar refractivity (Wildman–Crippen MR) is 89.2 cm³/mol. The summed E-state index contributed by atoms with van der Waals surface area (Å²) in [5.74, 6) is 0.0711. The molecule has 0 atom stereocenters. The number of pyridine rings is 2. The second-order valence-corrected chi connectivity index (χ2v) is 5.58. The van der Waals surface area contributed by atoms with Crippen molar-refractivity contribution in [3.63, 3.8) is 0 Å². The van der Waals surface area contributed by atoms with E-state index >= 15 is 0 Å². The second kappa shape index (κ2) is 7.05. The van der Waals surface area contributed by atoms with Crippen molar-refractivity contribution in [1.82, 2.24) is 19.7 Å².